The zero-order valence-electron chi connectivity index (χ0n) is 9.79. The van der Waals surface area contributed by atoms with Crippen LogP contribution in [0.5, 0.6) is 0 Å². The van der Waals surface area contributed by atoms with Crippen molar-refractivity contribution in [3.63, 3.8) is 0 Å². The van der Waals surface area contributed by atoms with Gasteiger partial charge in [-0.1, -0.05) is 6.08 Å². The lowest BCUT2D eigenvalue weighted by Crippen LogP contribution is -2.11. The highest BCUT2D eigenvalue weighted by atomic mass is 16.5. The highest BCUT2D eigenvalue weighted by Gasteiger charge is 2.00. The van der Waals surface area contributed by atoms with Gasteiger partial charge in [-0.25, -0.2) is 9.97 Å². The van der Waals surface area contributed by atoms with Crippen LogP contribution >= 0.6 is 0 Å². The van der Waals surface area contributed by atoms with Crippen molar-refractivity contribution in [2.24, 2.45) is 0 Å². The van der Waals surface area contributed by atoms with E-state index in [9.17, 15) is 0 Å². The van der Waals surface area contributed by atoms with Crippen LogP contribution in [-0.4, -0.2) is 36.8 Å². The van der Waals surface area contributed by atoms with Crippen molar-refractivity contribution in [2.45, 2.75) is 6.92 Å². The molecule has 0 amide bonds. The molecule has 0 saturated carbocycles. The lowest BCUT2D eigenvalue weighted by molar-refractivity contribution is 0.210. The molecule has 5 heteroatoms. The molecule has 2 N–H and O–H groups in total. The van der Waals surface area contributed by atoms with Crippen LogP contribution in [0.15, 0.2) is 18.7 Å². The highest BCUT2D eigenvalue weighted by Crippen LogP contribution is 2.10. The number of nitrogens with zero attached hydrogens (tertiary/aromatic N) is 2. The summed E-state index contributed by atoms with van der Waals surface area (Å²) in [7, 11) is 1.67. The molecule has 0 aromatic carbocycles. The number of anilines is 2. The second-order valence-corrected chi connectivity index (χ2v) is 3.27. The van der Waals surface area contributed by atoms with Gasteiger partial charge in [-0.15, -0.1) is 6.58 Å². The standard InChI is InChI=1S/C11H18N4O/c1-4-5-12-10-8-11(13-6-7-16-3)15-9(2)14-10/h4,8H,1,5-7H2,2-3H3,(H2,12,13,14,15). The van der Waals surface area contributed by atoms with E-state index < -0.39 is 0 Å². The Morgan fingerprint density at radius 1 is 1.38 bits per heavy atom. The SMILES string of the molecule is C=CCNc1cc(NCCOC)nc(C)n1. The predicted octanol–water partition coefficient (Wildman–Crippen LogP) is 1.44. The van der Waals surface area contributed by atoms with Gasteiger partial charge in [-0.3, -0.25) is 0 Å². The normalized spacial score (nSPS) is 9.88. The fourth-order valence-electron chi connectivity index (χ4n) is 1.21. The summed E-state index contributed by atoms with van der Waals surface area (Å²) in [5.41, 5.74) is 0. The molecule has 0 aliphatic heterocycles. The van der Waals surface area contributed by atoms with Gasteiger partial charge in [0.05, 0.1) is 6.61 Å². The molecule has 5 nitrogen and oxygen atoms in total. The molecule has 0 atom stereocenters. The molecule has 0 radical (unpaired) electrons. The Morgan fingerprint density at radius 3 is 2.69 bits per heavy atom. The molecule has 0 unspecified atom stereocenters. The van der Waals surface area contributed by atoms with Gasteiger partial charge >= 0.3 is 0 Å². The van der Waals surface area contributed by atoms with Crippen LogP contribution in [-0.2, 0) is 4.74 Å². The third-order valence-corrected chi connectivity index (χ3v) is 1.88. The quantitative estimate of drug-likeness (QED) is 0.540. The molecule has 0 aliphatic rings. The first kappa shape index (κ1) is 12.4. The van der Waals surface area contributed by atoms with Crippen LogP contribution in [0.25, 0.3) is 0 Å². The largest absolute Gasteiger partial charge is 0.383 e. The minimum absolute atomic E-state index is 0.651. The lowest BCUT2D eigenvalue weighted by Gasteiger charge is -2.08. The molecule has 16 heavy (non-hydrogen) atoms. The van der Waals surface area contributed by atoms with Crippen LogP contribution in [0.3, 0.4) is 0 Å². The molecule has 88 valence electrons. The van der Waals surface area contributed by atoms with Crippen LogP contribution < -0.4 is 10.6 Å². The number of hydrogen-bond donors (Lipinski definition) is 2. The molecule has 0 bridgehead atoms. The lowest BCUT2D eigenvalue weighted by atomic mass is 10.4. The van der Waals surface area contributed by atoms with Crippen molar-refractivity contribution >= 4 is 11.6 Å². The molecule has 0 fully saturated rings. The molecular weight excluding hydrogens is 204 g/mol. The van der Waals surface area contributed by atoms with Crippen molar-refractivity contribution in [3.8, 4) is 0 Å². The minimum atomic E-state index is 0.651. The summed E-state index contributed by atoms with van der Waals surface area (Å²) < 4.78 is 4.95. The van der Waals surface area contributed by atoms with Gasteiger partial charge < -0.3 is 15.4 Å². The van der Waals surface area contributed by atoms with Gasteiger partial charge in [-0.2, -0.15) is 0 Å². The maximum Gasteiger partial charge on any atom is 0.132 e. The van der Waals surface area contributed by atoms with E-state index in [0.29, 0.717) is 13.2 Å². The topological polar surface area (TPSA) is 59.1 Å². The fourth-order valence-corrected chi connectivity index (χ4v) is 1.21. The first-order chi connectivity index (χ1) is 7.76. The van der Waals surface area contributed by atoms with Crippen molar-refractivity contribution in [3.05, 3.63) is 24.5 Å². The van der Waals surface area contributed by atoms with Crippen molar-refractivity contribution < 1.29 is 4.74 Å². The highest BCUT2D eigenvalue weighted by molar-refractivity contribution is 5.47. The summed E-state index contributed by atoms with van der Waals surface area (Å²) in [5.74, 6) is 2.33. The van der Waals surface area contributed by atoms with Gasteiger partial charge in [0.25, 0.3) is 0 Å². The predicted molar refractivity (Wildman–Crippen MR) is 65.8 cm³/mol. The third kappa shape index (κ3) is 4.27. The Kier molecular flexibility index (Phi) is 5.28. The summed E-state index contributed by atoms with van der Waals surface area (Å²) >= 11 is 0. The summed E-state index contributed by atoms with van der Waals surface area (Å²) in [6.45, 7) is 7.57. The first-order valence-corrected chi connectivity index (χ1v) is 5.19. The average molecular weight is 222 g/mol. The van der Waals surface area contributed by atoms with E-state index in [0.717, 1.165) is 24.0 Å². The molecule has 1 rings (SSSR count). The van der Waals surface area contributed by atoms with Crippen LogP contribution in [0.2, 0.25) is 0 Å². The molecular formula is C11H18N4O. The Hall–Kier alpha value is -1.62. The second-order valence-electron chi connectivity index (χ2n) is 3.27. The van der Waals surface area contributed by atoms with E-state index in [-0.39, 0.29) is 0 Å². The van der Waals surface area contributed by atoms with Crippen molar-refractivity contribution in [2.75, 3.05) is 37.4 Å². The van der Waals surface area contributed by atoms with Crippen molar-refractivity contribution in [1.82, 2.24) is 9.97 Å². The number of hydrogen-bond acceptors (Lipinski definition) is 5. The molecule has 0 aliphatic carbocycles. The van der Waals surface area contributed by atoms with E-state index in [1.165, 1.54) is 0 Å². The van der Waals surface area contributed by atoms with E-state index in [1.807, 2.05) is 13.0 Å². The van der Waals surface area contributed by atoms with Gasteiger partial charge in [0.15, 0.2) is 0 Å². The molecule has 1 aromatic rings. The molecule has 0 saturated heterocycles. The minimum Gasteiger partial charge on any atom is -0.383 e. The van der Waals surface area contributed by atoms with Crippen molar-refractivity contribution in [1.29, 1.82) is 0 Å². The van der Waals surface area contributed by atoms with Gasteiger partial charge in [0.2, 0.25) is 0 Å². The van der Waals surface area contributed by atoms with E-state index in [1.54, 1.807) is 13.2 Å². The summed E-state index contributed by atoms with van der Waals surface area (Å²) in [6, 6.07) is 1.87. The molecule has 1 heterocycles. The van der Waals surface area contributed by atoms with E-state index >= 15 is 0 Å². The van der Waals surface area contributed by atoms with Crippen LogP contribution in [0.4, 0.5) is 11.6 Å². The Labute approximate surface area is 95.9 Å². The fraction of sp³-hybridized carbons (Fsp3) is 0.455. The van der Waals surface area contributed by atoms with Crippen LogP contribution in [0, 0.1) is 6.92 Å². The molecule has 0 spiro atoms. The zero-order valence-corrected chi connectivity index (χ0v) is 9.79. The maximum atomic E-state index is 4.95. The first-order valence-electron chi connectivity index (χ1n) is 5.19. The summed E-state index contributed by atoms with van der Waals surface area (Å²) in [5, 5.41) is 6.29. The Bertz CT molecular complexity index is 341. The summed E-state index contributed by atoms with van der Waals surface area (Å²) in [6.07, 6.45) is 1.79. The monoisotopic (exact) mass is 222 g/mol. The number of aryl methyl sites for hydroxylation is 1. The Balaban J connectivity index is 2.61. The number of rotatable bonds is 7. The molecule has 1 aromatic heterocycles. The number of methoxy groups -OCH3 is 1. The zero-order chi connectivity index (χ0) is 11.8. The number of nitrogens with one attached hydrogen (secondary N) is 2. The average Bonchev–Trinajstić information content (AvgIpc) is 2.26. The third-order valence-electron chi connectivity index (χ3n) is 1.88. The van der Waals surface area contributed by atoms with Gasteiger partial charge in [-0.05, 0) is 6.92 Å². The van der Waals surface area contributed by atoms with E-state index in [4.69, 9.17) is 4.74 Å². The van der Waals surface area contributed by atoms with Gasteiger partial charge in [0, 0.05) is 26.3 Å². The second kappa shape index (κ2) is 6.79. The van der Waals surface area contributed by atoms with E-state index in [2.05, 4.69) is 27.2 Å². The van der Waals surface area contributed by atoms with Crippen LogP contribution in [0.1, 0.15) is 5.82 Å². The number of aromatic nitrogens is 2. The van der Waals surface area contributed by atoms with Gasteiger partial charge in [0.1, 0.15) is 17.5 Å². The summed E-state index contributed by atoms with van der Waals surface area (Å²) in [4.78, 5) is 8.53. The smallest absolute Gasteiger partial charge is 0.132 e. The number of ether oxygens (including phenoxy) is 1. The Morgan fingerprint density at radius 2 is 2.06 bits per heavy atom. The maximum absolute atomic E-state index is 4.95.